The molecular formula is C22H19ClN4O2. The molecule has 0 atom stereocenters. The molecule has 1 N–H and O–H groups in total. The van der Waals surface area contributed by atoms with Gasteiger partial charge in [0.15, 0.2) is 0 Å². The molecule has 2 aromatic heterocycles. The fraction of sp³-hybridized carbons (Fsp3) is 0.136. The second kappa shape index (κ2) is 8.63. The Hall–Kier alpha value is -3.56. The van der Waals surface area contributed by atoms with Crippen LogP contribution in [0.2, 0.25) is 5.02 Å². The predicted molar refractivity (Wildman–Crippen MR) is 113 cm³/mol. The summed E-state index contributed by atoms with van der Waals surface area (Å²) in [6, 6.07) is 12.6. The first-order valence-corrected chi connectivity index (χ1v) is 9.18. The van der Waals surface area contributed by atoms with Gasteiger partial charge in [0.25, 0.3) is 5.91 Å². The molecule has 1 aromatic carbocycles. The third kappa shape index (κ3) is 4.31. The molecule has 0 radical (unpaired) electrons. The smallest absolute Gasteiger partial charge is 0.266 e. The van der Waals surface area contributed by atoms with Crippen LogP contribution in [0.3, 0.4) is 0 Å². The number of benzene rings is 1. The molecule has 7 heteroatoms. The number of carbonyl (C=O) groups is 1. The van der Waals surface area contributed by atoms with E-state index in [4.69, 9.17) is 16.3 Å². The van der Waals surface area contributed by atoms with E-state index in [9.17, 15) is 10.1 Å². The number of nitrogens with one attached hydrogen (secondary N) is 1. The maximum atomic E-state index is 12.7. The van der Waals surface area contributed by atoms with Gasteiger partial charge in [-0.05, 0) is 61.9 Å². The molecule has 146 valence electrons. The minimum atomic E-state index is -0.542. The summed E-state index contributed by atoms with van der Waals surface area (Å²) in [5, 5.41) is 12.7. The Morgan fingerprint density at radius 1 is 1.31 bits per heavy atom. The first-order valence-electron chi connectivity index (χ1n) is 8.80. The van der Waals surface area contributed by atoms with E-state index in [2.05, 4.69) is 10.3 Å². The van der Waals surface area contributed by atoms with Crippen LogP contribution in [0, 0.1) is 25.2 Å². The van der Waals surface area contributed by atoms with Crippen molar-refractivity contribution in [3.63, 3.8) is 0 Å². The number of carbonyl (C=O) groups excluding carboxylic acids is 1. The fourth-order valence-corrected chi connectivity index (χ4v) is 3.26. The van der Waals surface area contributed by atoms with Gasteiger partial charge in [-0.3, -0.25) is 9.78 Å². The summed E-state index contributed by atoms with van der Waals surface area (Å²) in [5.74, 6) is -0.0888. The van der Waals surface area contributed by atoms with Crippen molar-refractivity contribution in [1.82, 2.24) is 9.55 Å². The maximum Gasteiger partial charge on any atom is 0.266 e. The van der Waals surface area contributed by atoms with E-state index < -0.39 is 5.91 Å². The number of anilines is 1. The molecule has 0 fully saturated rings. The van der Waals surface area contributed by atoms with Crippen LogP contribution < -0.4 is 10.1 Å². The van der Waals surface area contributed by atoms with Crippen LogP contribution in [0.4, 0.5) is 5.69 Å². The highest BCUT2D eigenvalue weighted by Gasteiger charge is 2.15. The van der Waals surface area contributed by atoms with Gasteiger partial charge in [-0.1, -0.05) is 11.6 Å². The standard InChI is InChI=1S/C22H19ClN4O2/c1-14-9-16(15(2)27(14)19-5-4-8-25-13-19)10-17(12-24)22(28)26-20-11-18(23)6-7-21(20)29-3/h4-11,13H,1-3H3,(H,26,28)/b17-10+. The van der Waals surface area contributed by atoms with Crippen LogP contribution in [0.1, 0.15) is 17.0 Å². The molecule has 0 aliphatic carbocycles. The van der Waals surface area contributed by atoms with Gasteiger partial charge in [-0.15, -0.1) is 0 Å². The molecule has 0 saturated heterocycles. The van der Waals surface area contributed by atoms with E-state index in [0.717, 1.165) is 22.6 Å². The van der Waals surface area contributed by atoms with Crippen LogP contribution in [0.25, 0.3) is 11.8 Å². The zero-order valence-corrected chi connectivity index (χ0v) is 17.0. The number of pyridine rings is 1. The molecule has 29 heavy (non-hydrogen) atoms. The van der Waals surface area contributed by atoms with Gasteiger partial charge in [0.1, 0.15) is 17.4 Å². The zero-order valence-electron chi connectivity index (χ0n) is 16.2. The van der Waals surface area contributed by atoms with E-state index >= 15 is 0 Å². The lowest BCUT2D eigenvalue weighted by Crippen LogP contribution is -2.14. The number of aromatic nitrogens is 2. The summed E-state index contributed by atoms with van der Waals surface area (Å²) in [6.45, 7) is 3.89. The Kier molecular flexibility index (Phi) is 6.01. The summed E-state index contributed by atoms with van der Waals surface area (Å²) < 4.78 is 7.25. The van der Waals surface area contributed by atoms with Crippen molar-refractivity contribution in [2.24, 2.45) is 0 Å². The Morgan fingerprint density at radius 3 is 2.76 bits per heavy atom. The number of nitriles is 1. The number of nitrogens with zero attached hydrogens (tertiary/aromatic N) is 3. The van der Waals surface area contributed by atoms with Crippen LogP contribution >= 0.6 is 11.6 Å². The van der Waals surface area contributed by atoms with Crippen LogP contribution in [-0.4, -0.2) is 22.6 Å². The Labute approximate surface area is 174 Å². The number of hydrogen-bond acceptors (Lipinski definition) is 4. The highest BCUT2D eigenvalue weighted by atomic mass is 35.5. The van der Waals surface area contributed by atoms with Gasteiger partial charge in [0.2, 0.25) is 0 Å². The molecule has 1 amide bonds. The third-order valence-corrected chi connectivity index (χ3v) is 4.68. The molecule has 6 nitrogen and oxygen atoms in total. The van der Waals surface area contributed by atoms with Gasteiger partial charge in [0, 0.05) is 22.6 Å². The maximum absolute atomic E-state index is 12.7. The molecule has 0 unspecified atom stereocenters. The Balaban J connectivity index is 1.94. The summed E-state index contributed by atoms with van der Waals surface area (Å²) in [5.41, 5.74) is 3.92. The number of methoxy groups -OCH3 is 1. The van der Waals surface area contributed by atoms with E-state index in [-0.39, 0.29) is 5.57 Å². The summed E-state index contributed by atoms with van der Waals surface area (Å²) in [6.07, 6.45) is 5.04. The van der Waals surface area contributed by atoms with Crippen molar-refractivity contribution in [2.45, 2.75) is 13.8 Å². The van der Waals surface area contributed by atoms with Gasteiger partial charge < -0.3 is 14.6 Å². The second-order valence-electron chi connectivity index (χ2n) is 6.34. The third-order valence-electron chi connectivity index (χ3n) is 4.45. The Bertz CT molecular complexity index is 1130. The van der Waals surface area contributed by atoms with Crippen molar-refractivity contribution in [2.75, 3.05) is 12.4 Å². The molecule has 0 saturated carbocycles. The minimum absolute atomic E-state index is 0.0292. The highest BCUT2D eigenvalue weighted by Crippen LogP contribution is 2.28. The largest absolute Gasteiger partial charge is 0.495 e. The van der Waals surface area contributed by atoms with Crippen LogP contribution in [-0.2, 0) is 4.79 Å². The summed E-state index contributed by atoms with van der Waals surface area (Å²) >= 11 is 6.01. The fourth-order valence-electron chi connectivity index (χ4n) is 3.09. The van der Waals surface area contributed by atoms with E-state index in [0.29, 0.717) is 16.5 Å². The normalized spacial score (nSPS) is 11.1. The Morgan fingerprint density at radius 2 is 2.10 bits per heavy atom. The number of ether oxygens (including phenoxy) is 1. The number of aryl methyl sites for hydroxylation is 1. The van der Waals surface area contributed by atoms with Crippen molar-refractivity contribution < 1.29 is 9.53 Å². The first kappa shape index (κ1) is 20.2. The summed E-state index contributed by atoms with van der Waals surface area (Å²) in [4.78, 5) is 16.8. The van der Waals surface area contributed by atoms with Gasteiger partial charge in [0.05, 0.1) is 24.7 Å². The molecule has 0 aliphatic rings. The minimum Gasteiger partial charge on any atom is -0.495 e. The van der Waals surface area contributed by atoms with Crippen molar-refractivity contribution in [1.29, 1.82) is 5.26 Å². The van der Waals surface area contributed by atoms with E-state index in [1.807, 2.05) is 42.7 Å². The number of halogens is 1. The molecule has 3 rings (SSSR count). The molecule has 3 aromatic rings. The number of hydrogen-bond donors (Lipinski definition) is 1. The molecular weight excluding hydrogens is 388 g/mol. The van der Waals surface area contributed by atoms with E-state index in [1.54, 1.807) is 36.7 Å². The van der Waals surface area contributed by atoms with Gasteiger partial charge in [-0.25, -0.2) is 0 Å². The molecule has 0 spiro atoms. The van der Waals surface area contributed by atoms with Crippen LogP contribution in [0.15, 0.2) is 54.4 Å². The lowest BCUT2D eigenvalue weighted by molar-refractivity contribution is -0.112. The topological polar surface area (TPSA) is 79.9 Å². The van der Waals surface area contributed by atoms with Crippen LogP contribution in [0.5, 0.6) is 5.75 Å². The zero-order chi connectivity index (χ0) is 21.0. The lowest BCUT2D eigenvalue weighted by atomic mass is 10.1. The van der Waals surface area contributed by atoms with Gasteiger partial charge >= 0.3 is 0 Å². The monoisotopic (exact) mass is 406 g/mol. The summed E-state index contributed by atoms with van der Waals surface area (Å²) in [7, 11) is 1.49. The average molecular weight is 407 g/mol. The quantitative estimate of drug-likeness (QED) is 0.492. The number of amides is 1. The van der Waals surface area contributed by atoms with Gasteiger partial charge in [-0.2, -0.15) is 5.26 Å². The second-order valence-corrected chi connectivity index (χ2v) is 6.78. The SMILES string of the molecule is COc1ccc(Cl)cc1NC(=O)/C(C#N)=C/c1cc(C)n(-c2cccnc2)c1C. The molecule has 0 bridgehead atoms. The lowest BCUT2D eigenvalue weighted by Gasteiger charge is -2.10. The molecule has 0 aliphatic heterocycles. The average Bonchev–Trinajstić information content (AvgIpc) is 2.99. The van der Waals surface area contributed by atoms with E-state index in [1.165, 1.54) is 7.11 Å². The van der Waals surface area contributed by atoms with Crippen molar-refractivity contribution >= 4 is 29.3 Å². The first-order chi connectivity index (χ1) is 13.9. The number of rotatable bonds is 5. The molecule has 2 heterocycles. The highest BCUT2D eigenvalue weighted by molar-refractivity contribution is 6.31. The van der Waals surface area contributed by atoms with Crippen molar-refractivity contribution in [3.05, 3.63) is 76.3 Å². The van der Waals surface area contributed by atoms with Crippen molar-refractivity contribution in [3.8, 4) is 17.5 Å². The predicted octanol–water partition coefficient (Wildman–Crippen LogP) is 4.70.